The lowest BCUT2D eigenvalue weighted by atomic mass is 10.1. The van der Waals surface area contributed by atoms with Crippen LogP contribution in [0.1, 0.15) is 6.42 Å². The van der Waals surface area contributed by atoms with Gasteiger partial charge in [0.15, 0.2) is 0 Å². The minimum Gasteiger partial charge on any atom is -0.501 e. The first kappa shape index (κ1) is 6.58. The molecule has 0 aliphatic carbocycles. The Labute approximate surface area is 54.1 Å². The number of aliphatic hydroxyl groups is 1. The molecule has 0 aromatic heterocycles. The summed E-state index contributed by atoms with van der Waals surface area (Å²) >= 11 is 0. The molecular formula is C6H11NO2. The first-order valence-electron chi connectivity index (χ1n) is 3.03. The zero-order chi connectivity index (χ0) is 6.69. The lowest BCUT2D eigenvalue weighted by molar-refractivity contribution is 0.216. The summed E-state index contributed by atoms with van der Waals surface area (Å²) in [6.45, 7) is 0.974. The van der Waals surface area contributed by atoms with Gasteiger partial charge >= 0.3 is 0 Å². The van der Waals surface area contributed by atoms with Gasteiger partial charge in [0.1, 0.15) is 0 Å². The van der Waals surface area contributed by atoms with Gasteiger partial charge in [0.05, 0.1) is 19.0 Å². The summed E-state index contributed by atoms with van der Waals surface area (Å²) in [6.07, 6.45) is 1.92. The minimum absolute atomic E-state index is 0.287. The van der Waals surface area contributed by atoms with Gasteiger partial charge in [-0.25, -0.2) is 0 Å². The molecule has 1 atom stereocenters. The van der Waals surface area contributed by atoms with E-state index in [2.05, 4.69) is 0 Å². The molecule has 0 saturated carbocycles. The summed E-state index contributed by atoms with van der Waals surface area (Å²) in [5.41, 5.74) is 6.12. The van der Waals surface area contributed by atoms with E-state index in [4.69, 9.17) is 15.6 Å². The summed E-state index contributed by atoms with van der Waals surface area (Å²) in [5, 5.41) is 9.08. The highest BCUT2D eigenvalue weighted by atomic mass is 16.5. The molecule has 1 rings (SSSR count). The summed E-state index contributed by atoms with van der Waals surface area (Å²) in [7, 11) is 0. The Hall–Kier alpha value is -0.540. The van der Waals surface area contributed by atoms with Crippen LogP contribution in [0.4, 0.5) is 0 Å². The Morgan fingerprint density at radius 1 is 1.89 bits per heavy atom. The lowest BCUT2D eigenvalue weighted by Crippen LogP contribution is -2.21. The Morgan fingerprint density at radius 2 is 2.67 bits per heavy atom. The van der Waals surface area contributed by atoms with Gasteiger partial charge in [-0.1, -0.05) is 0 Å². The molecule has 0 bridgehead atoms. The second-order valence-electron chi connectivity index (χ2n) is 2.07. The van der Waals surface area contributed by atoms with Crippen LogP contribution < -0.4 is 5.73 Å². The maximum absolute atomic E-state index is 9.08. The summed E-state index contributed by atoms with van der Waals surface area (Å²) in [5.74, 6) is 0. The van der Waals surface area contributed by atoms with E-state index in [0.717, 1.165) is 12.0 Å². The van der Waals surface area contributed by atoms with Crippen molar-refractivity contribution in [3.63, 3.8) is 0 Å². The zero-order valence-corrected chi connectivity index (χ0v) is 5.21. The van der Waals surface area contributed by atoms with Gasteiger partial charge in [-0.3, -0.25) is 0 Å². The second kappa shape index (κ2) is 2.85. The number of hydrogen-bond acceptors (Lipinski definition) is 3. The standard InChI is InChI=1S/C6H11NO2/c7-3-6(8)5-1-2-9-4-5/h4,6,8H,1-3,7H2. The molecule has 0 radical (unpaired) electrons. The average Bonchev–Trinajstić information content (AvgIpc) is 2.37. The van der Waals surface area contributed by atoms with Crippen molar-refractivity contribution in [3.8, 4) is 0 Å². The Kier molecular flexibility index (Phi) is 2.08. The minimum atomic E-state index is -0.493. The van der Waals surface area contributed by atoms with Gasteiger partial charge < -0.3 is 15.6 Å². The van der Waals surface area contributed by atoms with Gasteiger partial charge in [0.2, 0.25) is 0 Å². The van der Waals surface area contributed by atoms with Gasteiger partial charge in [0, 0.05) is 13.0 Å². The van der Waals surface area contributed by atoms with Crippen LogP contribution in [0, 0.1) is 0 Å². The molecule has 3 N–H and O–H groups in total. The third-order valence-electron chi connectivity index (χ3n) is 1.39. The Morgan fingerprint density at radius 3 is 3.11 bits per heavy atom. The van der Waals surface area contributed by atoms with Gasteiger partial charge in [-0.05, 0) is 5.57 Å². The van der Waals surface area contributed by atoms with Crippen molar-refractivity contribution in [2.45, 2.75) is 12.5 Å². The van der Waals surface area contributed by atoms with Crippen LogP contribution in [0.3, 0.4) is 0 Å². The van der Waals surface area contributed by atoms with E-state index in [0.29, 0.717) is 6.61 Å². The summed E-state index contributed by atoms with van der Waals surface area (Å²) < 4.78 is 4.90. The predicted molar refractivity (Wildman–Crippen MR) is 33.7 cm³/mol. The molecule has 3 nitrogen and oxygen atoms in total. The third kappa shape index (κ3) is 1.43. The maximum atomic E-state index is 9.08. The zero-order valence-electron chi connectivity index (χ0n) is 5.21. The van der Waals surface area contributed by atoms with Crippen molar-refractivity contribution in [3.05, 3.63) is 11.8 Å². The molecule has 0 aromatic carbocycles. The molecule has 9 heavy (non-hydrogen) atoms. The third-order valence-corrected chi connectivity index (χ3v) is 1.39. The van der Waals surface area contributed by atoms with Crippen LogP contribution >= 0.6 is 0 Å². The van der Waals surface area contributed by atoms with Crippen LogP contribution in [0.15, 0.2) is 11.8 Å². The van der Waals surface area contributed by atoms with Crippen LogP contribution in [-0.4, -0.2) is 24.4 Å². The number of hydrogen-bond donors (Lipinski definition) is 2. The normalized spacial score (nSPS) is 20.9. The average molecular weight is 129 g/mol. The first-order chi connectivity index (χ1) is 4.34. The Balaban J connectivity index is 2.40. The van der Waals surface area contributed by atoms with E-state index in [1.165, 1.54) is 0 Å². The fraction of sp³-hybridized carbons (Fsp3) is 0.667. The summed E-state index contributed by atoms with van der Waals surface area (Å²) in [6, 6.07) is 0. The van der Waals surface area contributed by atoms with E-state index in [1.54, 1.807) is 6.26 Å². The summed E-state index contributed by atoms with van der Waals surface area (Å²) in [4.78, 5) is 0. The van der Waals surface area contributed by atoms with E-state index >= 15 is 0 Å². The van der Waals surface area contributed by atoms with E-state index in [9.17, 15) is 0 Å². The van der Waals surface area contributed by atoms with E-state index in [1.807, 2.05) is 0 Å². The SMILES string of the molecule is NCC(O)C1=COCC1. The van der Waals surface area contributed by atoms with Crippen LogP contribution in [0.2, 0.25) is 0 Å². The molecule has 3 heteroatoms. The first-order valence-corrected chi connectivity index (χ1v) is 3.03. The second-order valence-corrected chi connectivity index (χ2v) is 2.07. The molecule has 0 saturated heterocycles. The maximum Gasteiger partial charge on any atom is 0.0912 e. The smallest absolute Gasteiger partial charge is 0.0912 e. The van der Waals surface area contributed by atoms with Crippen LogP contribution in [-0.2, 0) is 4.74 Å². The van der Waals surface area contributed by atoms with Gasteiger partial charge in [0.25, 0.3) is 0 Å². The van der Waals surface area contributed by atoms with Gasteiger partial charge in [-0.15, -0.1) is 0 Å². The topological polar surface area (TPSA) is 55.5 Å². The number of aliphatic hydroxyl groups excluding tert-OH is 1. The molecule has 1 aliphatic heterocycles. The van der Waals surface area contributed by atoms with Crippen molar-refractivity contribution in [1.29, 1.82) is 0 Å². The molecular weight excluding hydrogens is 118 g/mol. The fourth-order valence-corrected chi connectivity index (χ4v) is 0.798. The van der Waals surface area contributed by atoms with Crippen molar-refractivity contribution in [2.24, 2.45) is 5.73 Å². The van der Waals surface area contributed by atoms with Gasteiger partial charge in [-0.2, -0.15) is 0 Å². The highest BCUT2D eigenvalue weighted by Crippen LogP contribution is 2.13. The molecule has 1 aliphatic rings. The molecule has 0 spiro atoms. The van der Waals surface area contributed by atoms with Crippen molar-refractivity contribution in [1.82, 2.24) is 0 Å². The quantitative estimate of drug-likeness (QED) is 0.534. The molecule has 1 heterocycles. The molecule has 52 valence electrons. The van der Waals surface area contributed by atoms with Crippen molar-refractivity contribution < 1.29 is 9.84 Å². The number of rotatable bonds is 2. The largest absolute Gasteiger partial charge is 0.501 e. The molecule has 0 amide bonds. The van der Waals surface area contributed by atoms with Crippen molar-refractivity contribution in [2.75, 3.05) is 13.2 Å². The molecule has 1 unspecified atom stereocenters. The predicted octanol–water partition coefficient (Wildman–Crippen LogP) is -0.390. The fourth-order valence-electron chi connectivity index (χ4n) is 0.798. The lowest BCUT2D eigenvalue weighted by Gasteiger charge is -2.04. The number of nitrogens with two attached hydrogens (primary N) is 1. The van der Waals surface area contributed by atoms with Crippen LogP contribution in [0.5, 0.6) is 0 Å². The monoisotopic (exact) mass is 129 g/mol. The molecule has 0 fully saturated rings. The molecule has 0 aromatic rings. The highest BCUT2D eigenvalue weighted by molar-refractivity contribution is 5.08. The van der Waals surface area contributed by atoms with E-state index in [-0.39, 0.29) is 6.54 Å². The Bertz CT molecular complexity index is 122. The highest BCUT2D eigenvalue weighted by Gasteiger charge is 2.12. The number of ether oxygens (including phenoxy) is 1. The van der Waals surface area contributed by atoms with Crippen LogP contribution in [0.25, 0.3) is 0 Å². The van der Waals surface area contributed by atoms with Crippen molar-refractivity contribution >= 4 is 0 Å². The van der Waals surface area contributed by atoms with E-state index < -0.39 is 6.10 Å².